The first kappa shape index (κ1) is 17.8. The Bertz CT molecular complexity index is 397. The maximum Gasteiger partial charge on any atom is 0.471 e. The van der Waals surface area contributed by atoms with Crippen molar-refractivity contribution in [2.75, 3.05) is 13.2 Å². The van der Waals surface area contributed by atoms with Crippen LogP contribution in [-0.4, -0.2) is 25.2 Å². The maximum atomic E-state index is 11.8. The minimum absolute atomic E-state index is 0.0295. The third kappa shape index (κ3) is 7.71. The van der Waals surface area contributed by atoms with Gasteiger partial charge in [-0.05, 0) is 18.2 Å². The monoisotopic (exact) mass is 341 g/mol. The lowest BCUT2D eigenvalue weighted by Gasteiger charge is -2.09. The summed E-state index contributed by atoms with van der Waals surface area (Å²) in [7, 11) is 0. The predicted octanol–water partition coefficient (Wildman–Crippen LogP) is 3.53. The molecule has 0 radical (unpaired) electrons. The molecule has 1 rings (SSSR count). The molecule has 19 heavy (non-hydrogen) atoms. The van der Waals surface area contributed by atoms with Gasteiger partial charge in [-0.1, -0.05) is 35.8 Å². The Morgan fingerprint density at radius 1 is 1.37 bits per heavy atom. The van der Waals surface area contributed by atoms with Crippen LogP contribution in [0.15, 0.2) is 28.7 Å². The molecular formula is C12H15BrF3NO2. The van der Waals surface area contributed by atoms with Crippen LogP contribution in [0.25, 0.3) is 0 Å². The van der Waals surface area contributed by atoms with Gasteiger partial charge >= 0.3 is 12.1 Å². The number of carbonyl (C=O) groups is 1. The van der Waals surface area contributed by atoms with Crippen molar-refractivity contribution in [1.29, 1.82) is 0 Å². The Morgan fingerprint density at radius 2 is 2.00 bits per heavy atom. The molecule has 0 saturated carbocycles. The number of amides is 1. The molecule has 1 N–H and O–H groups in total. The molecule has 1 aromatic carbocycles. The highest BCUT2D eigenvalue weighted by molar-refractivity contribution is 9.10. The zero-order chi connectivity index (χ0) is 14.9. The average Bonchev–Trinajstić information content (AvgIpc) is 2.36. The SMILES string of the molecule is CC.O=C(NCCOc1cccc(Br)c1)C(F)(F)F. The molecule has 0 fully saturated rings. The molecule has 0 aliphatic heterocycles. The molecule has 0 spiro atoms. The molecule has 0 unspecified atom stereocenters. The van der Waals surface area contributed by atoms with Gasteiger partial charge in [-0.25, -0.2) is 0 Å². The molecule has 3 nitrogen and oxygen atoms in total. The summed E-state index contributed by atoms with van der Waals surface area (Å²) in [6.07, 6.45) is -4.85. The zero-order valence-corrected chi connectivity index (χ0v) is 12.1. The fourth-order valence-corrected chi connectivity index (χ4v) is 1.37. The van der Waals surface area contributed by atoms with E-state index in [-0.39, 0.29) is 13.2 Å². The van der Waals surface area contributed by atoms with E-state index in [1.165, 1.54) is 0 Å². The van der Waals surface area contributed by atoms with Crippen molar-refractivity contribution in [2.24, 2.45) is 0 Å². The first-order valence-electron chi connectivity index (χ1n) is 5.63. The zero-order valence-electron chi connectivity index (χ0n) is 10.6. The minimum Gasteiger partial charge on any atom is -0.492 e. The molecule has 0 aliphatic carbocycles. The van der Waals surface area contributed by atoms with Gasteiger partial charge in [0.05, 0.1) is 6.54 Å². The first-order chi connectivity index (χ1) is 8.89. The van der Waals surface area contributed by atoms with E-state index in [4.69, 9.17) is 4.74 Å². The van der Waals surface area contributed by atoms with Crippen molar-refractivity contribution in [1.82, 2.24) is 5.32 Å². The largest absolute Gasteiger partial charge is 0.492 e. The first-order valence-corrected chi connectivity index (χ1v) is 6.42. The molecule has 108 valence electrons. The van der Waals surface area contributed by atoms with E-state index in [1.807, 2.05) is 13.8 Å². The predicted molar refractivity (Wildman–Crippen MR) is 70.0 cm³/mol. The highest BCUT2D eigenvalue weighted by Crippen LogP contribution is 2.17. The quantitative estimate of drug-likeness (QED) is 0.850. The van der Waals surface area contributed by atoms with Gasteiger partial charge in [0.1, 0.15) is 12.4 Å². The van der Waals surface area contributed by atoms with Crippen LogP contribution in [0.1, 0.15) is 13.8 Å². The minimum atomic E-state index is -4.85. The van der Waals surface area contributed by atoms with Gasteiger partial charge in [0.15, 0.2) is 0 Å². The third-order valence-electron chi connectivity index (χ3n) is 1.71. The lowest BCUT2D eigenvalue weighted by atomic mass is 10.3. The molecule has 0 heterocycles. The van der Waals surface area contributed by atoms with Crippen LogP contribution in [-0.2, 0) is 4.79 Å². The number of ether oxygens (including phenoxy) is 1. The highest BCUT2D eigenvalue weighted by atomic mass is 79.9. The van der Waals surface area contributed by atoms with Gasteiger partial charge in [0.2, 0.25) is 0 Å². The summed E-state index contributed by atoms with van der Waals surface area (Å²) < 4.78 is 41.3. The van der Waals surface area contributed by atoms with E-state index in [1.54, 1.807) is 29.6 Å². The van der Waals surface area contributed by atoms with Crippen molar-refractivity contribution in [3.05, 3.63) is 28.7 Å². The summed E-state index contributed by atoms with van der Waals surface area (Å²) in [5.41, 5.74) is 0. The topological polar surface area (TPSA) is 38.3 Å². The van der Waals surface area contributed by atoms with Crippen molar-refractivity contribution in [2.45, 2.75) is 20.0 Å². The van der Waals surface area contributed by atoms with E-state index in [0.717, 1.165) is 4.47 Å². The molecule has 1 amide bonds. The van der Waals surface area contributed by atoms with Crippen molar-refractivity contribution >= 4 is 21.8 Å². The second-order valence-corrected chi connectivity index (χ2v) is 3.98. The Hall–Kier alpha value is -1.24. The number of hydrogen-bond donors (Lipinski definition) is 1. The van der Waals surface area contributed by atoms with Gasteiger partial charge in [0, 0.05) is 4.47 Å². The average molecular weight is 342 g/mol. The fraction of sp³-hybridized carbons (Fsp3) is 0.417. The van der Waals surface area contributed by atoms with E-state index < -0.39 is 12.1 Å². The van der Waals surface area contributed by atoms with E-state index in [9.17, 15) is 18.0 Å². The van der Waals surface area contributed by atoms with Crippen molar-refractivity contribution < 1.29 is 22.7 Å². The summed E-state index contributed by atoms with van der Waals surface area (Å²) in [4.78, 5) is 10.4. The van der Waals surface area contributed by atoms with Gasteiger partial charge in [-0.3, -0.25) is 4.79 Å². The smallest absolute Gasteiger partial charge is 0.471 e. The Morgan fingerprint density at radius 3 is 2.53 bits per heavy atom. The summed E-state index contributed by atoms with van der Waals surface area (Å²) in [5, 5.41) is 1.71. The van der Waals surface area contributed by atoms with Gasteiger partial charge in [0.25, 0.3) is 0 Å². The second kappa shape index (κ2) is 8.79. The number of nitrogens with one attached hydrogen (secondary N) is 1. The van der Waals surface area contributed by atoms with E-state index in [0.29, 0.717) is 5.75 Å². The van der Waals surface area contributed by atoms with Crippen LogP contribution in [0, 0.1) is 0 Å². The van der Waals surface area contributed by atoms with Gasteiger partial charge < -0.3 is 10.1 Å². The van der Waals surface area contributed by atoms with Gasteiger partial charge in [-0.2, -0.15) is 13.2 Å². The molecule has 1 aromatic rings. The molecule has 0 bridgehead atoms. The van der Waals surface area contributed by atoms with Crippen LogP contribution in [0.3, 0.4) is 0 Å². The van der Waals surface area contributed by atoms with E-state index >= 15 is 0 Å². The highest BCUT2D eigenvalue weighted by Gasteiger charge is 2.38. The molecule has 0 aromatic heterocycles. The third-order valence-corrected chi connectivity index (χ3v) is 2.20. The molecular weight excluding hydrogens is 327 g/mol. The molecule has 7 heteroatoms. The standard InChI is InChI=1S/C10H9BrF3NO2.C2H6/c11-7-2-1-3-8(6-7)17-5-4-15-9(16)10(12,13)14;1-2/h1-3,6H,4-5H2,(H,15,16);1-2H3. The summed E-state index contributed by atoms with van der Waals surface area (Å²) >= 11 is 3.22. The number of halogens is 4. The van der Waals surface area contributed by atoms with Crippen LogP contribution in [0.5, 0.6) is 5.75 Å². The number of rotatable bonds is 4. The Labute approximate surface area is 118 Å². The Balaban J connectivity index is 0.00000154. The van der Waals surface area contributed by atoms with Crippen molar-refractivity contribution in [3.8, 4) is 5.75 Å². The van der Waals surface area contributed by atoms with Crippen LogP contribution >= 0.6 is 15.9 Å². The summed E-state index contributed by atoms with van der Waals surface area (Å²) in [6.45, 7) is 3.77. The molecule has 0 atom stereocenters. The molecule has 0 saturated heterocycles. The maximum absolute atomic E-state index is 11.8. The lowest BCUT2D eigenvalue weighted by molar-refractivity contribution is -0.173. The second-order valence-electron chi connectivity index (χ2n) is 3.06. The van der Waals surface area contributed by atoms with Crippen molar-refractivity contribution in [3.63, 3.8) is 0 Å². The van der Waals surface area contributed by atoms with Crippen LogP contribution < -0.4 is 10.1 Å². The summed E-state index contributed by atoms with van der Waals surface area (Å²) in [5.74, 6) is -1.45. The van der Waals surface area contributed by atoms with Crippen LogP contribution in [0.2, 0.25) is 0 Å². The van der Waals surface area contributed by atoms with Crippen LogP contribution in [0.4, 0.5) is 13.2 Å². The number of alkyl halides is 3. The number of benzene rings is 1. The van der Waals surface area contributed by atoms with Gasteiger partial charge in [-0.15, -0.1) is 0 Å². The lowest BCUT2D eigenvalue weighted by Crippen LogP contribution is -2.38. The number of hydrogen-bond acceptors (Lipinski definition) is 2. The normalized spacial score (nSPS) is 10.2. The Kier molecular flexibility index (Phi) is 8.22. The number of carbonyl (C=O) groups excluding carboxylic acids is 1. The summed E-state index contributed by atoms with van der Waals surface area (Å²) in [6, 6.07) is 6.86. The van der Waals surface area contributed by atoms with E-state index in [2.05, 4.69) is 15.9 Å². The molecule has 0 aliphatic rings. The fourth-order valence-electron chi connectivity index (χ4n) is 0.990.